The first-order chi connectivity index (χ1) is 14.2. The van der Waals surface area contributed by atoms with Crippen LogP contribution in [0.15, 0.2) is 41.8 Å². The van der Waals surface area contributed by atoms with Gasteiger partial charge in [0.2, 0.25) is 5.91 Å². The highest BCUT2D eigenvalue weighted by molar-refractivity contribution is 8.00. The molecule has 0 saturated heterocycles. The number of aromatic nitrogens is 3. The van der Waals surface area contributed by atoms with Gasteiger partial charge in [0, 0.05) is 10.6 Å². The van der Waals surface area contributed by atoms with Gasteiger partial charge < -0.3 is 5.32 Å². The number of thioether (sulfide) groups is 1. The van der Waals surface area contributed by atoms with Crippen molar-refractivity contribution in [2.24, 2.45) is 0 Å². The topological polar surface area (TPSA) is 83.6 Å². The number of fused-ring (bicyclic) bond motifs is 1. The molecule has 0 aliphatic heterocycles. The van der Waals surface area contributed by atoms with Gasteiger partial charge in [-0.05, 0) is 50.3 Å². The summed E-state index contributed by atoms with van der Waals surface area (Å²) < 4.78 is 1.86. The van der Waals surface area contributed by atoms with Crippen molar-refractivity contribution in [2.45, 2.75) is 49.4 Å². The number of nitrogens with one attached hydrogen (secondary N) is 1. The van der Waals surface area contributed by atoms with Crippen LogP contribution in [0.4, 0.5) is 5.00 Å². The molecule has 0 spiro atoms. The van der Waals surface area contributed by atoms with Crippen LogP contribution in [-0.4, -0.2) is 25.9 Å². The van der Waals surface area contributed by atoms with Gasteiger partial charge in [-0.15, -0.1) is 21.5 Å². The van der Waals surface area contributed by atoms with Gasteiger partial charge in [-0.2, -0.15) is 5.26 Å². The Balaban J connectivity index is 1.49. The number of aryl methyl sites for hydroxylation is 1. The van der Waals surface area contributed by atoms with Crippen molar-refractivity contribution in [3.63, 3.8) is 0 Å². The van der Waals surface area contributed by atoms with E-state index in [0.717, 1.165) is 36.9 Å². The number of nitriles is 1. The lowest BCUT2D eigenvalue weighted by Crippen LogP contribution is -2.22. The average Bonchev–Trinajstić information content (AvgIpc) is 3.25. The molecule has 0 saturated carbocycles. The number of rotatable bonds is 5. The van der Waals surface area contributed by atoms with Crippen molar-refractivity contribution in [1.82, 2.24) is 14.8 Å². The molecule has 1 aliphatic carbocycles. The second kappa shape index (κ2) is 8.80. The van der Waals surface area contributed by atoms with Crippen LogP contribution in [0, 0.1) is 11.3 Å². The second-order valence-corrected chi connectivity index (χ2v) is 9.36. The van der Waals surface area contributed by atoms with Crippen LogP contribution in [-0.2, 0) is 17.6 Å². The smallest absolute Gasteiger partial charge is 0.238 e. The Labute approximate surface area is 178 Å². The minimum atomic E-state index is -0.380. The van der Waals surface area contributed by atoms with E-state index in [-0.39, 0.29) is 11.2 Å². The average molecular weight is 424 g/mol. The molecule has 1 N–H and O–H groups in total. The van der Waals surface area contributed by atoms with E-state index in [0.29, 0.717) is 15.7 Å². The zero-order valence-electron chi connectivity index (χ0n) is 16.1. The number of amides is 1. The zero-order chi connectivity index (χ0) is 20.2. The van der Waals surface area contributed by atoms with Crippen molar-refractivity contribution in [1.29, 1.82) is 5.26 Å². The molecule has 1 amide bonds. The summed E-state index contributed by atoms with van der Waals surface area (Å²) in [6.45, 7) is 1.84. The van der Waals surface area contributed by atoms with Crippen LogP contribution in [0.3, 0.4) is 0 Å². The molecule has 6 nitrogen and oxygen atoms in total. The fourth-order valence-corrected chi connectivity index (χ4v) is 5.53. The Morgan fingerprint density at radius 3 is 2.86 bits per heavy atom. The molecule has 0 fully saturated rings. The summed E-state index contributed by atoms with van der Waals surface area (Å²) in [7, 11) is 0. The second-order valence-electron chi connectivity index (χ2n) is 6.95. The first kappa shape index (κ1) is 19.7. The molecule has 8 heteroatoms. The third-order valence-corrected chi connectivity index (χ3v) is 7.24. The van der Waals surface area contributed by atoms with Gasteiger partial charge in [0.1, 0.15) is 17.4 Å². The van der Waals surface area contributed by atoms with E-state index < -0.39 is 0 Å². The van der Waals surface area contributed by atoms with Gasteiger partial charge in [0.05, 0.1) is 10.8 Å². The van der Waals surface area contributed by atoms with Gasteiger partial charge in [0.15, 0.2) is 5.16 Å². The monoisotopic (exact) mass is 423 g/mol. The zero-order valence-corrected chi connectivity index (χ0v) is 17.7. The summed E-state index contributed by atoms with van der Waals surface area (Å²) in [5, 5.41) is 21.8. The van der Waals surface area contributed by atoms with Crippen LogP contribution in [0.25, 0.3) is 5.69 Å². The Hall–Kier alpha value is -2.63. The highest BCUT2D eigenvalue weighted by atomic mass is 32.2. The minimum Gasteiger partial charge on any atom is -0.316 e. The first-order valence-corrected chi connectivity index (χ1v) is 11.3. The number of carbonyl (C=O) groups excluding carboxylic acids is 1. The lowest BCUT2D eigenvalue weighted by atomic mass is 10.1. The maximum Gasteiger partial charge on any atom is 0.238 e. The van der Waals surface area contributed by atoms with E-state index in [4.69, 9.17) is 0 Å². The molecule has 2 heterocycles. The number of nitrogens with zero attached hydrogens (tertiary/aromatic N) is 4. The summed E-state index contributed by atoms with van der Waals surface area (Å²) in [6, 6.07) is 12.1. The lowest BCUT2D eigenvalue weighted by Gasteiger charge is -2.12. The molecule has 1 unspecified atom stereocenters. The molecule has 3 aromatic rings. The van der Waals surface area contributed by atoms with Crippen LogP contribution < -0.4 is 5.32 Å². The maximum absolute atomic E-state index is 12.8. The Bertz CT molecular complexity index is 1050. The third-order valence-electron chi connectivity index (χ3n) is 4.97. The summed E-state index contributed by atoms with van der Waals surface area (Å²) in [5.74, 6) is -0.134. The normalized spacial score (nSPS) is 14.5. The first-order valence-electron chi connectivity index (χ1n) is 9.65. The standard InChI is InChI=1S/C21H21N5OS2/c1-14(28-21-25-23-13-26(21)15-8-4-2-5-9-15)19(27)24-20-17(12-22)16-10-6-3-7-11-18(16)29-20/h2,4-5,8-9,13-14H,3,6-7,10-11H2,1H3,(H,24,27). The molecule has 4 rings (SSSR count). The Morgan fingerprint density at radius 1 is 1.28 bits per heavy atom. The summed E-state index contributed by atoms with van der Waals surface area (Å²) in [6.07, 6.45) is 7.01. The quantitative estimate of drug-likeness (QED) is 0.479. The number of hydrogen-bond acceptors (Lipinski definition) is 6. The number of carbonyl (C=O) groups is 1. The highest BCUT2D eigenvalue weighted by Gasteiger charge is 2.24. The Morgan fingerprint density at radius 2 is 2.07 bits per heavy atom. The molecule has 0 radical (unpaired) electrons. The number of anilines is 1. The molecule has 29 heavy (non-hydrogen) atoms. The maximum atomic E-state index is 12.8. The molecule has 148 valence electrons. The molecular formula is C21H21N5OS2. The van der Waals surface area contributed by atoms with E-state index in [1.54, 1.807) is 17.7 Å². The van der Waals surface area contributed by atoms with Crippen LogP contribution in [0.1, 0.15) is 42.2 Å². The van der Waals surface area contributed by atoms with Gasteiger partial charge in [0.25, 0.3) is 0 Å². The molecule has 0 bridgehead atoms. The summed E-state index contributed by atoms with van der Waals surface area (Å²) in [5.41, 5.74) is 2.72. The minimum absolute atomic E-state index is 0.134. The van der Waals surface area contributed by atoms with Gasteiger partial charge in [-0.3, -0.25) is 9.36 Å². The number of hydrogen-bond donors (Lipinski definition) is 1. The number of benzene rings is 1. The van der Waals surface area contributed by atoms with Crippen molar-refractivity contribution in [3.8, 4) is 11.8 Å². The van der Waals surface area contributed by atoms with E-state index >= 15 is 0 Å². The molecular weight excluding hydrogens is 402 g/mol. The van der Waals surface area contributed by atoms with Crippen molar-refractivity contribution in [2.75, 3.05) is 5.32 Å². The van der Waals surface area contributed by atoms with E-state index in [1.807, 2.05) is 41.8 Å². The van der Waals surface area contributed by atoms with Crippen molar-refractivity contribution < 1.29 is 4.79 Å². The molecule has 1 atom stereocenters. The molecule has 1 aliphatic rings. The van der Waals surface area contributed by atoms with Crippen molar-refractivity contribution >= 4 is 34.0 Å². The fraction of sp³-hybridized carbons (Fsp3) is 0.333. The predicted octanol–water partition coefficient (Wildman–Crippen LogP) is 4.59. The van der Waals surface area contributed by atoms with Crippen LogP contribution >= 0.6 is 23.1 Å². The van der Waals surface area contributed by atoms with Crippen LogP contribution in [0.2, 0.25) is 0 Å². The third kappa shape index (κ3) is 4.21. The lowest BCUT2D eigenvalue weighted by molar-refractivity contribution is -0.115. The summed E-state index contributed by atoms with van der Waals surface area (Å²) >= 11 is 2.91. The number of thiophene rings is 1. The van der Waals surface area contributed by atoms with E-state index in [1.165, 1.54) is 23.1 Å². The molecule has 2 aromatic heterocycles. The van der Waals surface area contributed by atoms with E-state index in [9.17, 15) is 10.1 Å². The van der Waals surface area contributed by atoms with Gasteiger partial charge in [-0.25, -0.2) is 0 Å². The highest BCUT2D eigenvalue weighted by Crippen LogP contribution is 2.37. The molecule has 1 aromatic carbocycles. The number of para-hydroxylation sites is 1. The Kier molecular flexibility index (Phi) is 5.97. The van der Waals surface area contributed by atoms with Crippen LogP contribution in [0.5, 0.6) is 0 Å². The van der Waals surface area contributed by atoms with Gasteiger partial charge in [-0.1, -0.05) is 36.4 Å². The SMILES string of the molecule is CC(Sc1nncn1-c1ccccc1)C(=O)Nc1sc2c(c1C#N)CCCCC2. The van der Waals surface area contributed by atoms with Gasteiger partial charge >= 0.3 is 0 Å². The summed E-state index contributed by atoms with van der Waals surface area (Å²) in [4.78, 5) is 14.1. The largest absolute Gasteiger partial charge is 0.316 e. The predicted molar refractivity (Wildman–Crippen MR) is 116 cm³/mol. The van der Waals surface area contributed by atoms with Crippen molar-refractivity contribution in [3.05, 3.63) is 52.7 Å². The fourth-order valence-electron chi connectivity index (χ4n) is 3.44. The van der Waals surface area contributed by atoms with E-state index in [2.05, 4.69) is 21.6 Å².